The van der Waals surface area contributed by atoms with Crippen molar-refractivity contribution < 1.29 is 9.53 Å². The number of aromatic nitrogens is 2. The van der Waals surface area contributed by atoms with E-state index in [0.717, 1.165) is 34.0 Å². The number of hydrogen-bond donors (Lipinski definition) is 1. The van der Waals surface area contributed by atoms with Crippen LogP contribution in [0.2, 0.25) is 0 Å². The van der Waals surface area contributed by atoms with Crippen LogP contribution in [0.4, 0.5) is 0 Å². The molecule has 0 aliphatic heterocycles. The highest BCUT2D eigenvalue weighted by atomic mass is 16.5. The number of carbonyl (C=O) groups is 1. The summed E-state index contributed by atoms with van der Waals surface area (Å²) in [7, 11) is 3.53. The molecule has 4 heteroatoms. The van der Waals surface area contributed by atoms with Gasteiger partial charge in [0.1, 0.15) is 5.75 Å². The highest BCUT2D eigenvalue weighted by Crippen LogP contribution is 2.29. The second-order valence-electron chi connectivity index (χ2n) is 4.04. The van der Waals surface area contributed by atoms with E-state index in [0.29, 0.717) is 5.69 Å². The summed E-state index contributed by atoms with van der Waals surface area (Å²) in [6.45, 7) is 0. The maximum Gasteiger partial charge on any atom is 0.166 e. The second-order valence-corrected chi connectivity index (χ2v) is 4.04. The molecule has 1 N–H and O–H groups in total. The van der Waals surface area contributed by atoms with Crippen LogP contribution in [0.25, 0.3) is 21.9 Å². The molecule has 0 atom stereocenters. The van der Waals surface area contributed by atoms with E-state index in [4.69, 9.17) is 4.74 Å². The molecule has 3 aromatic rings. The number of aldehydes is 1. The summed E-state index contributed by atoms with van der Waals surface area (Å²) in [4.78, 5) is 14.2. The summed E-state index contributed by atoms with van der Waals surface area (Å²) in [5, 5.41) is 1.06. The molecular formula is C13H12N2O2. The average Bonchev–Trinajstić information content (AvgIpc) is 2.85. The maximum atomic E-state index is 10.9. The molecule has 0 bridgehead atoms. The van der Waals surface area contributed by atoms with E-state index in [1.165, 1.54) is 0 Å². The fourth-order valence-corrected chi connectivity index (χ4v) is 2.26. The van der Waals surface area contributed by atoms with Gasteiger partial charge in [0.15, 0.2) is 6.29 Å². The van der Waals surface area contributed by atoms with Crippen LogP contribution in [0, 0.1) is 0 Å². The Morgan fingerprint density at radius 3 is 2.82 bits per heavy atom. The largest absolute Gasteiger partial charge is 0.497 e. The third-order valence-corrected chi connectivity index (χ3v) is 3.14. The van der Waals surface area contributed by atoms with Crippen molar-refractivity contribution in [3.05, 3.63) is 30.0 Å². The third kappa shape index (κ3) is 1.27. The molecule has 0 aliphatic carbocycles. The van der Waals surface area contributed by atoms with Crippen LogP contribution in [0.15, 0.2) is 24.3 Å². The van der Waals surface area contributed by atoms with E-state index in [1.54, 1.807) is 7.11 Å². The highest BCUT2D eigenvalue weighted by Gasteiger charge is 2.11. The van der Waals surface area contributed by atoms with Crippen LogP contribution in [0.3, 0.4) is 0 Å². The topological polar surface area (TPSA) is 47.0 Å². The van der Waals surface area contributed by atoms with E-state index in [-0.39, 0.29) is 0 Å². The number of carbonyl (C=O) groups excluding carboxylic acids is 1. The lowest BCUT2D eigenvalue weighted by Gasteiger charge is -2.01. The monoisotopic (exact) mass is 228 g/mol. The smallest absolute Gasteiger partial charge is 0.166 e. The first-order valence-corrected chi connectivity index (χ1v) is 5.35. The third-order valence-electron chi connectivity index (χ3n) is 3.14. The fraction of sp³-hybridized carbons (Fsp3) is 0.154. The molecule has 0 radical (unpaired) electrons. The quantitative estimate of drug-likeness (QED) is 0.685. The molecule has 0 amide bonds. The van der Waals surface area contributed by atoms with Crippen LogP contribution in [0.5, 0.6) is 5.75 Å². The Bertz CT molecular complexity index is 722. The Morgan fingerprint density at radius 1 is 1.29 bits per heavy atom. The van der Waals surface area contributed by atoms with Gasteiger partial charge < -0.3 is 14.3 Å². The highest BCUT2D eigenvalue weighted by molar-refractivity contribution is 6.07. The van der Waals surface area contributed by atoms with Gasteiger partial charge in [-0.15, -0.1) is 0 Å². The number of rotatable bonds is 2. The number of H-pyrrole nitrogens is 1. The van der Waals surface area contributed by atoms with Crippen molar-refractivity contribution in [3.63, 3.8) is 0 Å². The van der Waals surface area contributed by atoms with Gasteiger partial charge in [-0.3, -0.25) is 4.79 Å². The van der Waals surface area contributed by atoms with E-state index in [1.807, 2.05) is 35.9 Å². The summed E-state index contributed by atoms with van der Waals surface area (Å²) in [5.41, 5.74) is 3.71. The molecule has 86 valence electrons. The number of hydrogen-bond acceptors (Lipinski definition) is 2. The van der Waals surface area contributed by atoms with Crippen molar-refractivity contribution in [2.24, 2.45) is 7.05 Å². The van der Waals surface area contributed by atoms with Gasteiger partial charge in [-0.05, 0) is 24.3 Å². The Morgan fingerprint density at radius 2 is 2.12 bits per heavy atom. The summed E-state index contributed by atoms with van der Waals surface area (Å²) in [5.74, 6) is 0.812. The van der Waals surface area contributed by atoms with Gasteiger partial charge in [0.05, 0.1) is 23.8 Å². The molecule has 0 saturated carbocycles. The average molecular weight is 228 g/mol. The fourth-order valence-electron chi connectivity index (χ4n) is 2.26. The van der Waals surface area contributed by atoms with E-state index < -0.39 is 0 Å². The molecule has 0 saturated heterocycles. The summed E-state index contributed by atoms with van der Waals surface area (Å²) < 4.78 is 7.11. The van der Waals surface area contributed by atoms with E-state index in [2.05, 4.69) is 4.98 Å². The normalized spacial score (nSPS) is 11.2. The molecule has 1 aromatic carbocycles. The Labute approximate surface area is 97.8 Å². The molecule has 0 fully saturated rings. The van der Waals surface area contributed by atoms with Crippen molar-refractivity contribution in [2.75, 3.05) is 7.11 Å². The van der Waals surface area contributed by atoms with Crippen LogP contribution in [0.1, 0.15) is 10.5 Å². The summed E-state index contributed by atoms with van der Waals surface area (Å²) >= 11 is 0. The minimum atomic E-state index is 0.663. The van der Waals surface area contributed by atoms with E-state index in [9.17, 15) is 4.79 Å². The van der Waals surface area contributed by atoms with Crippen LogP contribution < -0.4 is 4.74 Å². The number of benzene rings is 1. The van der Waals surface area contributed by atoms with Crippen molar-refractivity contribution in [2.45, 2.75) is 0 Å². The Balaban J connectivity index is 2.45. The molecule has 2 heterocycles. The Kier molecular flexibility index (Phi) is 1.98. The number of fused-ring (bicyclic) bond motifs is 3. The van der Waals surface area contributed by atoms with Crippen molar-refractivity contribution in [1.82, 2.24) is 9.55 Å². The predicted octanol–water partition coefficient (Wildman–Crippen LogP) is 2.48. The minimum Gasteiger partial charge on any atom is -0.497 e. The van der Waals surface area contributed by atoms with Crippen molar-refractivity contribution in [1.29, 1.82) is 0 Å². The second kappa shape index (κ2) is 3.38. The van der Waals surface area contributed by atoms with Gasteiger partial charge in [-0.2, -0.15) is 0 Å². The van der Waals surface area contributed by atoms with E-state index >= 15 is 0 Å². The van der Waals surface area contributed by atoms with Crippen LogP contribution in [-0.4, -0.2) is 22.9 Å². The number of aromatic amines is 1. The lowest BCUT2D eigenvalue weighted by atomic mass is 10.2. The van der Waals surface area contributed by atoms with Gasteiger partial charge in [0, 0.05) is 18.0 Å². The molecule has 17 heavy (non-hydrogen) atoms. The van der Waals surface area contributed by atoms with Gasteiger partial charge in [0.25, 0.3) is 0 Å². The SMILES string of the molecule is COc1ccc2[nH]c3cc(C=O)n(C)c3c2c1. The molecule has 3 rings (SSSR count). The standard InChI is InChI=1S/C13H12N2O2/c1-15-8(7-16)5-12-13(15)10-6-9(17-2)3-4-11(10)14-12/h3-7,14H,1-2H3. The maximum absolute atomic E-state index is 10.9. The molecule has 0 spiro atoms. The van der Waals surface area contributed by atoms with Crippen LogP contribution >= 0.6 is 0 Å². The summed E-state index contributed by atoms with van der Waals surface area (Å²) in [6, 6.07) is 7.73. The van der Waals surface area contributed by atoms with Crippen LogP contribution in [-0.2, 0) is 7.05 Å². The summed E-state index contributed by atoms with van der Waals surface area (Å²) in [6.07, 6.45) is 0.861. The zero-order valence-electron chi connectivity index (χ0n) is 9.65. The molecule has 4 nitrogen and oxygen atoms in total. The van der Waals surface area contributed by atoms with Gasteiger partial charge in [0.2, 0.25) is 0 Å². The molecule has 2 aromatic heterocycles. The number of nitrogens with zero attached hydrogens (tertiary/aromatic N) is 1. The number of aryl methyl sites for hydroxylation is 1. The Hall–Kier alpha value is -2.23. The first-order chi connectivity index (χ1) is 8.24. The zero-order chi connectivity index (χ0) is 12.0. The van der Waals surface area contributed by atoms with Crippen molar-refractivity contribution in [3.8, 4) is 5.75 Å². The zero-order valence-corrected chi connectivity index (χ0v) is 9.65. The molecular weight excluding hydrogens is 216 g/mol. The minimum absolute atomic E-state index is 0.663. The number of methoxy groups -OCH3 is 1. The van der Waals surface area contributed by atoms with Gasteiger partial charge in [-0.1, -0.05) is 0 Å². The predicted molar refractivity (Wildman–Crippen MR) is 66.7 cm³/mol. The number of ether oxygens (including phenoxy) is 1. The van der Waals surface area contributed by atoms with Gasteiger partial charge in [-0.25, -0.2) is 0 Å². The van der Waals surface area contributed by atoms with Gasteiger partial charge >= 0.3 is 0 Å². The lowest BCUT2D eigenvalue weighted by molar-refractivity contribution is 0.111. The lowest BCUT2D eigenvalue weighted by Crippen LogP contribution is -1.93. The first kappa shape index (κ1) is 9.96. The number of nitrogens with one attached hydrogen (secondary N) is 1. The molecule has 0 unspecified atom stereocenters. The van der Waals surface area contributed by atoms with Crippen molar-refractivity contribution >= 4 is 28.2 Å². The first-order valence-electron chi connectivity index (χ1n) is 5.35. The molecule has 0 aliphatic rings.